The summed E-state index contributed by atoms with van der Waals surface area (Å²) in [5.74, 6) is -0.742. The highest BCUT2D eigenvalue weighted by Gasteiger charge is 1.98. The third-order valence-electron chi connectivity index (χ3n) is 1.71. The zero-order chi connectivity index (χ0) is 8.55. The van der Waals surface area contributed by atoms with E-state index >= 15 is 0 Å². The summed E-state index contributed by atoms with van der Waals surface area (Å²) in [5.41, 5.74) is -0.0161. The van der Waals surface area contributed by atoms with Crippen LogP contribution in [0.4, 0.5) is 4.39 Å². The Morgan fingerprint density at radius 3 is 2.83 bits per heavy atom. The minimum atomic E-state index is -0.742. The Balaban J connectivity index is 2.93. The summed E-state index contributed by atoms with van der Waals surface area (Å²) in [4.78, 5) is 13.2. The number of halogens is 1. The van der Waals surface area contributed by atoms with E-state index < -0.39 is 11.4 Å². The fourth-order valence-corrected chi connectivity index (χ4v) is 1.12. The summed E-state index contributed by atoms with van der Waals surface area (Å²) < 4.78 is 12.7. The molecule has 3 heteroatoms. The molecule has 0 spiro atoms. The first-order valence-corrected chi connectivity index (χ1v) is 3.55. The molecule has 2 rings (SSSR count). The topological polar surface area (TPSA) is 32.9 Å². The number of fused-ring (bicyclic) bond motifs is 1. The lowest BCUT2D eigenvalue weighted by atomic mass is 10.2. The molecule has 1 heterocycles. The predicted molar refractivity (Wildman–Crippen MR) is 44.5 cm³/mol. The number of hydrogen-bond acceptors (Lipinski definition) is 1. The van der Waals surface area contributed by atoms with Crippen molar-refractivity contribution in [3.05, 3.63) is 46.5 Å². The van der Waals surface area contributed by atoms with Crippen LogP contribution in [0.2, 0.25) is 0 Å². The quantitative estimate of drug-likeness (QED) is 0.627. The van der Waals surface area contributed by atoms with Crippen molar-refractivity contribution in [3.8, 4) is 0 Å². The average Bonchev–Trinajstić information content (AvgIpc) is 2.07. The van der Waals surface area contributed by atoms with Crippen LogP contribution < -0.4 is 5.56 Å². The second kappa shape index (κ2) is 2.44. The van der Waals surface area contributed by atoms with Crippen molar-refractivity contribution < 1.29 is 4.39 Å². The molecule has 0 bridgehead atoms. The van der Waals surface area contributed by atoms with Gasteiger partial charge in [-0.1, -0.05) is 18.2 Å². The van der Waals surface area contributed by atoms with Crippen molar-refractivity contribution >= 4 is 10.9 Å². The second-order valence-electron chi connectivity index (χ2n) is 2.53. The van der Waals surface area contributed by atoms with Crippen LogP contribution in [0, 0.1) is 5.82 Å². The number of aromatic nitrogens is 1. The van der Waals surface area contributed by atoms with E-state index in [4.69, 9.17) is 0 Å². The summed E-state index contributed by atoms with van der Waals surface area (Å²) in [6.45, 7) is 0. The van der Waals surface area contributed by atoms with Gasteiger partial charge in [-0.05, 0) is 12.1 Å². The number of hydrogen-bond donors (Lipinski definition) is 1. The molecule has 0 aliphatic carbocycles. The Labute approximate surface area is 67.7 Å². The molecule has 2 aromatic rings. The Hall–Kier alpha value is -1.64. The van der Waals surface area contributed by atoms with Gasteiger partial charge in [0, 0.05) is 10.9 Å². The van der Waals surface area contributed by atoms with E-state index in [0.29, 0.717) is 10.9 Å². The number of aromatic amines is 1. The Morgan fingerprint density at radius 2 is 2.00 bits per heavy atom. The Bertz CT molecular complexity index is 475. The molecule has 2 nitrogen and oxygen atoms in total. The molecule has 1 aromatic carbocycles. The fourth-order valence-electron chi connectivity index (χ4n) is 1.12. The minimum absolute atomic E-state index is 0.656. The lowest BCUT2D eigenvalue weighted by Crippen LogP contribution is -2.09. The SMILES string of the molecule is O=c1[nH]c2ccccc2cc1[18F]. The van der Waals surface area contributed by atoms with Gasteiger partial charge in [-0.2, -0.15) is 0 Å². The lowest BCUT2D eigenvalue weighted by molar-refractivity contribution is 0.612. The highest BCUT2D eigenvalue weighted by molar-refractivity contribution is 5.77. The first-order chi connectivity index (χ1) is 5.77. The molecule has 0 unspecified atom stereocenters. The van der Waals surface area contributed by atoms with Crippen molar-refractivity contribution in [1.82, 2.24) is 4.98 Å². The molecule has 0 saturated carbocycles. The van der Waals surface area contributed by atoms with Gasteiger partial charge in [0.05, 0.1) is 0 Å². The molecule has 0 radical (unpaired) electrons. The summed E-state index contributed by atoms with van der Waals surface area (Å²) in [6.07, 6.45) is 0. The first-order valence-electron chi connectivity index (χ1n) is 3.55. The van der Waals surface area contributed by atoms with Crippen LogP contribution in [0.1, 0.15) is 0 Å². The summed E-state index contributed by atoms with van der Waals surface area (Å²) in [6, 6.07) is 8.29. The molecule has 0 atom stereocenters. The number of H-pyrrole nitrogens is 1. The van der Waals surface area contributed by atoms with Gasteiger partial charge in [-0.3, -0.25) is 4.79 Å². The standard InChI is InChI=1S/C9H6FNO/c10-7-5-6-3-1-2-4-8(6)11-9(7)12/h1-5H,(H,11,12)/i10-1. The maximum absolute atomic E-state index is 12.7. The van der Waals surface area contributed by atoms with Gasteiger partial charge in [0.25, 0.3) is 5.56 Å². The maximum atomic E-state index is 12.7. The van der Waals surface area contributed by atoms with Crippen LogP contribution in [-0.4, -0.2) is 4.98 Å². The minimum Gasteiger partial charge on any atom is -0.319 e. The number of pyridine rings is 1. The van der Waals surface area contributed by atoms with E-state index in [0.717, 1.165) is 0 Å². The summed E-state index contributed by atoms with van der Waals surface area (Å²) in [5, 5.41) is 0.703. The van der Waals surface area contributed by atoms with E-state index in [1.54, 1.807) is 24.3 Å². The molecule has 0 aliphatic rings. The largest absolute Gasteiger partial charge is 0.319 e. The van der Waals surface area contributed by atoms with Gasteiger partial charge in [0.2, 0.25) is 0 Å². The second-order valence-corrected chi connectivity index (χ2v) is 2.53. The van der Waals surface area contributed by atoms with Crippen molar-refractivity contribution in [2.45, 2.75) is 0 Å². The molecule has 1 N–H and O–H groups in total. The summed E-state index contributed by atoms with van der Waals surface area (Å²) >= 11 is 0. The van der Waals surface area contributed by atoms with Gasteiger partial charge < -0.3 is 4.98 Å². The molecule has 1 aromatic heterocycles. The molecule has 0 fully saturated rings. The number of rotatable bonds is 0. The van der Waals surface area contributed by atoms with Crippen molar-refractivity contribution in [2.24, 2.45) is 0 Å². The van der Waals surface area contributed by atoms with E-state index in [-0.39, 0.29) is 0 Å². The van der Waals surface area contributed by atoms with Crippen LogP contribution >= 0.6 is 0 Å². The molecular formula is C9H6FNO. The van der Waals surface area contributed by atoms with Crippen LogP contribution in [0.25, 0.3) is 10.9 Å². The number of benzene rings is 1. The first kappa shape index (κ1) is 7.03. The maximum Gasteiger partial charge on any atom is 0.284 e. The van der Waals surface area contributed by atoms with Crippen molar-refractivity contribution in [2.75, 3.05) is 0 Å². The highest BCUT2D eigenvalue weighted by atomic mass is 18.2. The van der Waals surface area contributed by atoms with Crippen molar-refractivity contribution in [3.63, 3.8) is 0 Å². The molecule has 0 aliphatic heterocycles. The van der Waals surface area contributed by atoms with Gasteiger partial charge in [0.1, 0.15) is 0 Å². The van der Waals surface area contributed by atoms with Gasteiger partial charge in [-0.25, -0.2) is 4.39 Å². The van der Waals surface area contributed by atoms with E-state index in [1.165, 1.54) is 6.07 Å². The van der Waals surface area contributed by atoms with Crippen LogP contribution in [0.5, 0.6) is 0 Å². The Kier molecular flexibility index (Phi) is 1.43. The van der Waals surface area contributed by atoms with Gasteiger partial charge >= 0.3 is 0 Å². The van der Waals surface area contributed by atoms with Gasteiger partial charge in [-0.15, -0.1) is 0 Å². The lowest BCUT2D eigenvalue weighted by Gasteiger charge is -1.95. The number of nitrogens with one attached hydrogen (secondary N) is 1. The third-order valence-corrected chi connectivity index (χ3v) is 1.71. The molecule has 12 heavy (non-hydrogen) atoms. The summed E-state index contributed by atoms with van der Waals surface area (Å²) in [7, 11) is 0. The molecule has 60 valence electrons. The molecule has 0 amide bonds. The van der Waals surface area contributed by atoms with E-state index in [1.807, 2.05) is 0 Å². The average molecular weight is 162 g/mol. The van der Waals surface area contributed by atoms with Crippen LogP contribution in [0.3, 0.4) is 0 Å². The Morgan fingerprint density at radius 1 is 1.25 bits per heavy atom. The molecule has 0 saturated heterocycles. The normalized spacial score (nSPS) is 10.4. The fraction of sp³-hybridized carbons (Fsp3) is 0. The monoisotopic (exact) mass is 162 g/mol. The van der Waals surface area contributed by atoms with Gasteiger partial charge in [0.15, 0.2) is 5.82 Å². The number of para-hydroxylation sites is 1. The van der Waals surface area contributed by atoms with Crippen molar-refractivity contribution in [1.29, 1.82) is 0 Å². The van der Waals surface area contributed by atoms with E-state index in [9.17, 15) is 9.18 Å². The van der Waals surface area contributed by atoms with Crippen LogP contribution in [-0.2, 0) is 0 Å². The third kappa shape index (κ3) is 0.993. The predicted octanol–water partition coefficient (Wildman–Crippen LogP) is 1.67. The highest BCUT2D eigenvalue weighted by Crippen LogP contribution is 2.08. The molecular weight excluding hydrogens is 156 g/mol. The van der Waals surface area contributed by atoms with Crippen LogP contribution in [0.15, 0.2) is 35.1 Å². The smallest absolute Gasteiger partial charge is 0.284 e. The zero-order valence-corrected chi connectivity index (χ0v) is 6.17. The van der Waals surface area contributed by atoms with E-state index in [2.05, 4.69) is 4.98 Å². The zero-order valence-electron chi connectivity index (χ0n) is 6.17.